The van der Waals surface area contributed by atoms with Gasteiger partial charge in [0.1, 0.15) is 23.9 Å². The van der Waals surface area contributed by atoms with E-state index in [0.29, 0.717) is 6.42 Å². The molecule has 3 aromatic carbocycles. The van der Waals surface area contributed by atoms with Gasteiger partial charge < -0.3 is 41.4 Å². The standard InChI is InChI=1S/C33H40N2O6.C2HF3O2/c1-21-16-25(36)17-22(2)26(21)20-28(34)30(38)15-9-14-29(37)27(18-23-10-5-3-6-11-23)33(40)41-31(32(35)39)19-24-12-7-4-8-13-24;3-2(4,5)1(6)7/h3-14,16-17,27-31,36-38H,15,18-20,34H2,1-2H3,(H2,35,39);(H,6,7)/b14-9+;/t27-,28+,29+,30+,31+;/m1./s1. The number of aromatic hydroxyl groups is 1. The van der Waals surface area contributed by atoms with Gasteiger partial charge in [0.2, 0.25) is 0 Å². The summed E-state index contributed by atoms with van der Waals surface area (Å²) < 4.78 is 37.1. The topological polar surface area (TPSA) is 198 Å². The Hall–Kier alpha value is -4.72. The Labute approximate surface area is 276 Å². The number of hydrogen-bond donors (Lipinski definition) is 5. The van der Waals surface area contributed by atoms with Crippen molar-refractivity contribution in [2.24, 2.45) is 11.7 Å². The summed E-state index contributed by atoms with van der Waals surface area (Å²) in [5, 5.41) is 40.4. The molecule has 5 atom stereocenters. The highest BCUT2D eigenvalue weighted by Gasteiger charge is 2.31. The van der Waals surface area contributed by atoms with E-state index in [1.165, 1.54) is 6.08 Å². The molecule has 0 radical (unpaired) electrons. The van der Waals surface area contributed by atoms with Crippen molar-refractivity contribution in [2.75, 3.05) is 0 Å². The van der Waals surface area contributed by atoms with Crippen LogP contribution in [-0.4, -0.2) is 63.7 Å². The molecule has 48 heavy (non-hydrogen) atoms. The van der Waals surface area contributed by atoms with E-state index in [1.54, 1.807) is 18.2 Å². The Morgan fingerprint density at radius 2 is 1.40 bits per heavy atom. The van der Waals surface area contributed by atoms with Crippen LogP contribution in [0.1, 0.15) is 34.2 Å². The van der Waals surface area contributed by atoms with Gasteiger partial charge in [0.25, 0.3) is 5.91 Å². The summed E-state index contributed by atoms with van der Waals surface area (Å²) in [5.74, 6) is -5.31. The molecule has 1 amide bonds. The molecule has 0 heterocycles. The third-order valence-corrected chi connectivity index (χ3v) is 7.49. The fraction of sp³-hybridized carbons (Fsp3) is 0.343. The van der Waals surface area contributed by atoms with Crippen molar-refractivity contribution in [3.63, 3.8) is 0 Å². The number of quaternary nitrogens is 1. The summed E-state index contributed by atoms with van der Waals surface area (Å²) >= 11 is 0. The van der Waals surface area contributed by atoms with Crippen molar-refractivity contribution in [3.8, 4) is 5.75 Å². The number of nitrogens with two attached hydrogens (primary N) is 1. The van der Waals surface area contributed by atoms with Gasteiger partial charge in [0.05, 0.1) is 12.0 Å². The lowest BCUT2D eigenvalue weighted by Gasteiger charge is -2.23. The van der Waals surface area contributed by atoms with E-state index in [0.717, 1.165) is 27.8 Å². The number of aliphatic hydroxyl groups is 2. The van der Waals surface area contributed by atoms with Gasteiger partial charge in [-0.3, -0.25) is 9.59 Å². The molecule has 13 heteroatoms. The van der Waals surface area contributed by atoms with Crippen molar-refractivity contribution in [3.05, 3.63) is 113 Å². The number of aryl methyl sites for hydroxylation is 2. The lowest BCUT2D eigenvalue weighted by molar-refractivity contribution is -0.436. The van der Waals surface area contributed by atoms with Crippen LogP contribution in [0, 0.1) is 19.8 Å². The maximum atomic E-state index is 13.3. The number of phenols is 1. The van der Waals surface area contributed by atoms with Gasteiger partial charge in [0.15, 0.2) is 6.10 Å². The Morgan fingerprint density at radius 1 is 0.917 bits per heavy atom. The lowest BCUT2D eigenvalue weighted by atomic mass is 9.92. The minimum atomic E-state index is -5.19. The van der Waals surface area contributed by atoms with Gasteiger partial charge in [-0.25, -0.2) is 0 Å². The Balaban J connectivity index is 0.00000103. The van der Waals surface area contributed by atoms with E-state index in [4.69, 9.17) is 20.4 Å². The molecule has 0 aromatic heterocycles. The van der Waals surface area contributed by atoms with Gasteiger partial charge >= 0.3 is 12.1 Å². The second-order valence-corrected chi connectivity index (χ2v) is 11.3. The van der Waals surface area contributed by atoms with Crippen LogP contribution < -0.4 is 16.6 Å². The molecular weight excluding hydrogens is 633 g/mol. The van der Waals surface area contributed by atoms with Gasteiger partial charge in [-0.2, -0.15) is 13.2 Å². The van der Waals surface area contributed by atoms with E-state index >= 15 is 0 Å². The number of primary amides is 1. The molecule has 0 unspecified atom stereocenters. The number of carbonyl (C=O) groups excluding carboxylic acids is 3. The van der Waals surface area contributed by atoms with Crippen molar-refractivity contribution in [1.82, 2.24) is 0 Å². The Morgan fingerprint density at radius 3 is 1.85 bits per heavy atom. The molecule has 3 rings (SSSR count). The molecule has 10 nitrogen and oxygen atoms in total. The number of hydrogen-bond acceptors (Lipinski definition) is 8. The summed E-state index contributed by atoms with van der Waals surface area (Å²) in [5.41, 5.74) is 14.1. The first-order chi connectivity index (χ1) is 22.5. The average molecular weight is 675 g/mol. The van der Waals surface area contributed by atoms with Crippen molar-refractivity contribution < 1.29 is 58.5 Å². The number of phenolic OH excluding ortho intramolecular Hbond substituents is 1. The fourth-order valence-electron chi connectivity index (χ4n) is 4.84. The quantitative estimate of drug-likeness (QED) is 0.126. The first kappa shape index (κ1) is 39.5. The average Bonchev–Trinajstić information content (AvgIpc) is 3.01. The number of aliphatic hydroxyl groups excluding tert-OH is 2. The largest absolute Gasteiger partial charge is 0.542 e. The van der Waals surface area contributed by atoms with Crippen LogP contribution in [-0.2, 0) is 38.4 Å². The number of carboxylic acids is 1. The van der Waals surface area contributed by atoms with E-state index in [-0.39, 0.29) is 31.1 Å². The molecule has 0 spiro atoms. The van der Waals surface area contributed by atoms with Gasteiger partial charge in [-0.05, 0) is 66.6 Å². The normalized spacial score (nSPS) is 14.6. The number of carbonyl (C=O) groups is 3. The van der Waals surface area contributed by atoms with Crippen LogP contribution in [0.4, 0.5) is 13.2 Å². The third-order valence-electron chi connectivity index (χ3n) is 7.49. The third kappa shape index (κ3) is 13.2. The lowest BCUT2D eigenvalue weighted by Crippen LogP contribution is -2.67. The van der Waals surface area contributed by atoms with Crippen LogP contribution >= 0.6 is 0 Å². The van der Waals surface area contributed by atoms with Crippen LogP contribution in [0.25, 0.3) is 0 Å². The SMILES string of the molecule is Cc1cc(O)cc(C)c1C[C@H]([NH3+])[C@@H](O)C/C=C/[C@H](O)[C@@H](Cc1ccccc1)C(=O)O[C@@H](Cc1ccccc1)C(N)=O.O=C([O-])C(F)(F)F. The number of alkyl halides is 3. The van der Waals surface area contributed by atoms with Crippen molar-refractivity contribution >= 4 is 17.8 Å². The highest BCUT2D eigenvalue weighted by atomic mass is 19.4. The molecule has 0 saturated carbocycles. The first-order valence-electron chi connectivity index (χ1n) is 15.0. The molecule has 3 aromatic rings. The molecule has 0 aliphatic heterocycles. The highest BCUT2D eigenvalue weighted by molar-refractivity contribution is 5.83. The number of rotatable bonds is 14. The minimum absolute atomic E-state index is 0.128. The van der Waals surface area contributed by atoms with Crippen molar-refractivity contribution in [1.29, 1.82) is 0 Å². The van der Waals surface area contributed by atoms with E-state index in [9.17, 15) is 38.1 Å². The Kier molecular flexibility index (Phi) is 15.3. The van der Waals surface area contributed by atoms with E-state index < -0.39 is 48.3 Å². The van der Waals surface area contributed by atoms with Gasteiger partial charge in [-0.1, -0.05) is 72.8 Å². The number of esters is 1. The molecule has 8 N–H and O–H groups in total. The zero-order valence-electron chi connectivity index (χ0n) is 26.6. The Bertz CT molecular complexity index is 1490. The number of benzene rings is 3. The summed E-state index contributed by atoms with van der Waals surface area (Å²) in [6.45, 7) is 3.82. The maximum absolute atomic E-state index is 13.3. The van der Waals surface area contributed by atoms with Crippen LogP contribution in [0.15, 0.2) is 84.9 Å². The molecule has 0 aliphatic carbocycles. The zero-order chi connectivity index (χ0) is 36.0. The van der Waals surface area contributed by atoms with Gasteiger partial charge in [0, 0.05) is 12.8 Å². The van der Waals surface area contributed by atoms with Crippen molar-refractivity contribution in [2.45, 2.75) is 70.1 Å². The van der Waals surface area contributed by atoms with Gasteiger partial charge in [-0.15, -0.1) is 0 Å². The van der Waals surface area contributed by atoms with Crippen LogP contribution in [0.3, 0.4) is 0 Å². The second kappa shape index (κ2) is 18.6. The fourth-order valence-corrected chi connectivity index (χ4v) is 4.84. The monoisotopic (exact) mass is 674 g/mol. The summed E-state index contributed by atoms with van der Waals surface area (Å²) in [6.07, 6.45) is -4.25. The molecule has 0 fully saturated rings. The molecule has 0 bridgehead atoms. The minimum Gasteiger partial charge on any atom is -0.542 e. The first-order valence-corrected chi connectivity index (χ1v) is 15.0. The number of aliphatic carboxylic acids is 1. The van der Waals surface area contributed by atoms with E-state index in [1.807, 2.05) is 74.5 Å². The number of ether oxygens (including phenoxy) is 1. The second-order valence-electron chi connectivity index (χ2n) is 11.3. The summed E-state index contributed by atoms with van der Waals surface area (Å²) in [4.78, 5) is 34.2. The number of amides is 1. The van der Waals surface area contributed by atoms with Crippen LogP contribution in [0.5, 0.6) is 5.75 Å². The zero-order valence-corrected chi connectivity index (χ0v) is 26.6. The molecule has 0 aliphatic rings. The number of carboxylic acid groups (broad SMARTS) is 1. The summed E-state index contributed by atoms with van der Waals surface area (Å²) in [6, 6.07) is 21.4. The predicted molar refractivity (Wildman–Crippen MR) is 168 cm³/mol. The smallest absolute Gasteiger partial charge is 0.430 e. The molecule has 260 valence electrons. The highest BCUT2D eigenvalue weighted by Crippen LogP contribution is 2.23. The van der Waals surface area contributed by atoms with E-state index in [2.05, 4.69) is 5.73 Å². The number of halogens is 3. The predicted octanol–water partition coefficient (Wildman–Crippen LogP) is 1.63. The van der Waals surface area contributed by atoms with Crippen LogP contribution in [0.2, 0.25) is 0 Å². The maximum Gasteiger partial charge on any atom is 0.430 e. The molecule has 0 saturated heterocycles. The summed E-state index contributed by atoms with van der Waals surface area (Å²) in [7, 11) is 0. The molecular formula is C35H41F3N2O8.